The first-order valence-electron chi connectivity index (χ1n) is 6.98. The number of rotatable bonds is 8. The van der Waals surface area contributed by atoms with Crippen LogP contribution < -0.4 is 15.5 Å². The van der Waals surface area contributed by atoms with E-state index in [0.29, 0.717) is 6.54 Å². The number of aliphatic hydroxyl groups is 1. The second kappa shape index (κ2) is 8.04. The van der Waals surface area contributed by atoms with Crippen molar-refractivity contribution in [2.75, 3.05) is 44.2 Å². The summed E-state index contributed by atoms with van der Waals surface area (Å²) in [5.41, 5.74) is 1.10. The molecule has 3 N–H and O–H groups in total. The van der Waals surface area contributed by atoms with Crippen molar-refractivity contribution >= 4 is 5.95 Å². The van der Waals surface area contributed by atoms with Gasteiger partial charge in [-0.25, -0.2) is 9.97 Å². The molecule has 1 fully saturated rings. The summed E-state index contributed by atoms with van der Waals surface area (Å²) in [6, 6.07) is 0. The largest absolute Gasteiger partial charge is 0.395 e. The van der Waals surface area contributed by atoms with Gasteiger partial charge in [0.1, 0.15) is 0 Å². The molecule has 6 nitrogen and oxygen atoms in total. The van der Waals surface area contributed by atoms with Crippen LogP contribution in [0.2, 0.25) is 0 Å². The molecule has 2 heterocycles. The van der Waals surface area contributed by atoms with Crippen molar-refractivity contribution in [3.63, 3.8) is 0 Å². The van der Waals surface area contributed by atoms with E-state index in [1.165, 1.54) is 12.8 Å². The smallest absolute Gasteiger partial charge is 0.225 e. The van der Waals surface area contributed by atoms with E-state index in [1.807, 2.05) is 12.4 Å². The third-order valence-corrected chi connectivity index (χ3v) is 3.18. The zero-order valence-electron chi connectivity index (χ0n) is 11.3. The lowest BCUT2D eigenvalue weighted by molar-refractivity contribution is 0.292. The summed E-state index contributed by atoms with van der Waals surface area (Å²) in [6.45, 7) is 5.49. The molecule has 0 amide bonds. The molecular formula is C13H23N5O. The molecule has 106 valence electrons. The molecule has 0 spiro atoms. The quantitative estimate of drug-likeness (QED) is 0.563. The van der Waals surface area contributed by atoms with Gasteiger partial charge in [-0.3, -0.25) is 0 Å². The van der Waals surface area contributed by atoms with E-state index >= 15 is 0 Å². The standard InChI is InChI=1S/C13H23N5O/c19-8-5-14-3-4-15-9-12-10-16-13(17-11-12)18-6-1-2-7-18/h10-11,14-15,19H,1-9H2. The molecule has 1 aromatic rings. The van der Waals surface area contributed by atoms with Gasteiger partial charge in [-0.05, 0) is 12.8 Å². The Hall–Kier alpha value is -1.24. The number of aliphatic hydroxyl groups excluding tert-OH is 1. The van der Waals surface area contributed by atoms with Crippen LogP contribution in [0.4, 0.5) is 5.95 Å². The van der Waals surface area contributed by atoms with E-state index in [0.717, 1.165) is 44.2 Å². The Morgan fingerprint density at radius 3 is 2.42 bits per heavy atom. The summed E-state index contributed by atoms with van der Waals surface area (Å²) in [4.78, 5) is 11.1. The predicted octanol–water partition coefficient (Wildman–Crippen LogP) is -0.252. The number of hydrogen-bond donors (Lipinski definition) is 3. The number of nitrogens with one attached hydrogen (secondary N) is 2. The normalized spacial score (nSPS) is 15.1. The van der Waals surface area contributed by atoms with Crippen molar-refractivity contribution in [3.8, 4) is 0 Å². The molecule has 19 heavy (non-hydrogen) atoms. The first kappa shape index (κ1) is 14.2. The van der Waals surface area contributed by atoms with Crippen LogP contribution in [0.1, 0.15) is 18.4 Å². The van der Waals surface area contributed by atoms with Gasteiger partial charge in [0.25, 0.3) is 0 Å². The Labute approximate surface area is 114 Å². The lowest BCUT2D eigenvalue weighted by Crippen LogP contribution is -2.29. The van der Waals surface area contributed by atoms with E-state index in [1.54, 1.807) is 0 Å². The van der Waals surface area contributed by atoms with Gasteiger partial charge < -0.3 is 20.6 Å². The van der Waals surface area contributed by atoms with Crippen LogP contribution in [0.15, 0.2) is 12.4 Å². The van der Waals surface area contributed by atoms with E-state index in [9.17, 15) is 0 Å². The summed E-state index contributed by atoms with van der Waals surface area (Å²) in [5, 5.41) is 15.0. The van der Waals surface area contributed by atoms with E-state index in [2.05, 4.69) is 25.5 Å². The summed E-state index contributed by atoms with van der Waals surface area (Å²) in [5.74, 6) is 0.853. The highest BCUT2D eigenvalue weighted by Crippen LogP contribution is 2.14. The predicted molar refractivity (Wildman–Crippen MR) is 75.1 cm³/mol. The fourth-order valence-corrected chi connectivity index (χ4v) is 2.13. The SMILES string of the molecule is OCCNCCNCc1cnc(N2CCCC2)nc1. The highest BCUT2D eigenvalue weighted by molar-refractivity contribution is 5.30. The van der Waals surface area contributed by atoms with Gasteiger partial charge >= 0.3 is 0 Å². The Balaban J connectivity index is 1.67. The minimum atomic E-state index is 0.186. The van der Waals surface area contributed by atoms with Crippen molar-refractivity contribution in [1.82, 2.24) is 20.6 Å². The molecule has 1 aliphatic heterocycles. The molecule has 2 rings (SSSR count). The second-order valence-corrected chi connectivity index (χ2v) is 4.74. The summed E-state index contributed by atoms with van der Waals surface area (Å²) in [6.07, 6.45) is 6.28. The van der Waals surface area contributed by atoms with E-state index in [4.69, 9.17) is 5.11 Å². The van der Waals surface area contributed by atoms with Crippen molar-refractivity contribution in [2.24, 2.45) is 0 Å². The maximum absolute atomic E-state index is 8.61. The number of hydrogen-bond acceptors (Lipinski definition) is 6. The monoisotopic (exact) mass is 265 g/mol. The van der Waals surface area contributed by atoms with Crippen molar-refractivity contribution in [2.45, 2.75) is 19.4 Å². The van der Waals surface area contributed by atoms with Crippen molar-refractivity contribution in [1.29, 1.82) is 0 Å². The van der Waals surface area contributed by atoms with E-state index < -0.39 is 0 Å². The lowest BCUT2D eigenvalue weighted by Gasteiger charge is -2.14. The molecular weight excluding hydrogens is 242 g/mol. The minimum absolute atomic E-state index is 0.186. The van der Waals surface area contributed by atoms with Gasteiger partial charge in [-0.15, -0.1) is 0 Å². The first-order valence-corrected chi connectivity index (χ1v) is 6.98. The zero-order chi connectivity index (χ0) is 13.3. The number of aromatic nitrogens is 2. The second-order valence-electron chi connectivity index (χ2n) is 4.74. The Kier molecular flexibility index (Phi) is 6.00. The average Bonchev–Trinajstić information content (AvgIpc) is 2.97. The fraction of sp³-hybridized carbons (Fsp3) is 0.692. The average molecular weight is 265 g/mol. The summed E-state index contributed by atoms with van der Waals surface area (Å²) < 4.78 is 0. The minimum Gasteiger partial charge on any atom is -0.395 e. The van der Waals surface area contributed by atoms with Crippen LogP contribution in [0, 0.1) is 0 Å². The Bertz CT molecular complexity index is 351. The number of anilines is 1. The van der Waals surface area contributed by atoms with Gasteiger partial charge in [0.05, 0.1) is 6.61 Å². The molecule has 0 radical (unpaired) electrons. The third kappa shape index (κ3) is 4.74. The highest BCUT2D eigenvalue weighted by Gasteiger charge is 2.14. The fourth-order valence-electron chi connectivity index (χ4n) is 2.13. The van der Waals surface area contributed by atoms with Crippen LogP contribution in [-0.2, 0) is 6.54 Å². The zero-order valence-corrected chi connectivity index (χ0v) is 11.3. The molecule has 0 unspecified atom stereocenters. The highest BCUT2D eigenvalue weighted by atomic mass is 16.3. The van der Waals surface area contributed by atoms with Crippen LogP contribution in [0.5, 0.6) is 0 Å². The molecule has 0 bridgehead atoms. The van der Waals surface area contributed by atoms with Gasteiger partial charge in [0.2, 0.25) is 5.95 Å². The maximum atomic E-state index is 8.61. The summed E-state index contributed by atoms with van der Waals surface area (Å²) >= 11 is 0. The topological polar surface area (TPSA) is 73.3 Å². The molecule has 1 saturated heterocycles. The van der Waals surface area contributed by atoms with Crippen molar-refractivity contribution < 1.29 is 5.11 Å². The molecule has 0 saturated carbocycles. The molecule has 1 aliphatic rings. The van der Waals surface area contributed by atoms with E-state index in [-0.39, 0.29) is 6.61 Å². The maximum Gasteiger partial charge on any atom is 0.225 e. The van der Waals surface area contributed by atoms with Gasteiger partial charge in [-0.2, -0.15) is 0 Å². The molecule has 6 heteroatoms. The van der Waals surface area contributed by atoms with Gasteiger partial charge in [0, 0.05) is 57.2 Å². The number of nitrogens with zero attached hydrogens (tertiary/aromatic N) is 3. The summed E-state index contributed by atoms with van der Waals surface area (Å²) in [7, 11) is 0. The van der Waals surface area contributed by atoms with Crippen LogP contribution in [0.25, 0.3) is 0 Å². The van der Waals surface area contributed by atoms with Crippen LogP contribution in [-0.4, -0.2) is 54.4 Å². The van der Waals surface area contributed by atoms with Gasteiger partial charge in [-0.1, -0.05) is 0 Å². The molecule has 0 aromatic carbocycles. The van der Waals surface area contributed by atoms with Crippen molar-refractivity contribution in [3.05, 3.63) is 18.0 Å². The third-order valence-electron chi connectivity index (χ3n) is 3.18. The molecule has 0 aliphatic carbocycles. The van der Waals surface area contributed by atoms with Crippen LogP contribution >= 0.6 is 0 Å². The Morgan fingerprint density at radius 2 is 1.74 bits per heavy atom. The Morgan fingerprint density at radius 1 is 1.05 bits per heavy atom. The molecule has 0 atom stereocenters. The van der Waals surface area contributed by atoms with Crippen LogP contribution in [0.3, 0.4) is 0 Å². The van der Waals surface area contributed by atoms with Gasteiger partial charge in [0.15, 0.2) is 0 Å². The molecule has 1 aromatic heterocycles. The first-order chi connectivity index (χ1) is 9.40. The lowest BCUT2D eigenvalue weighted by atomic mass is 10.3.